The van der Waals surface area contributed by atoms with Crippen LogP contribution < -0.4 is 10.6 Å². The van der Waals surface area contributed by atoms with Crippen LogP contribution in [0, 0.1) is 5.92 Å². The van der Waals surface area contributed by atoms with Crippen molar-refractivity contribution in [1.29, 1.82) is 0 Å². The molecule has 18 heavy (non-hydrogen) atoms. The van der Waals surface area contributed by atoms with Crippen LogP contribution in [0.5, 0.6) is 0 Å². The number of nitrogens with two attached hydrogens (primary N) is 1. The summed E-state index contributed by atoms with van der Waals surface area (Å²) < 4.78 is 39.0. The van der Waals surface area contributed by atoms with Crippen molar-refractivity contribution in [2.24, 2.45) is 11.7 Å². The van der Waals surface area contributed by atoms with Crippen LogP contribution in [-0.4, -0.2) is 13.1 Å². The third kappa shape index (κ3) is 2.46. The van der Waals surface area contributed by atoms with E-state index in [0.29, 0.717) is 24.6 Å². The fourth-order valence-corrected chi connectivity index (χ4v) is 2.24. The topological polar surface area (TPSA) is 29.3 Å². The Balaban J connectivity index is 2.30. The lowest BCUT2D eigenvalue weighted by Crippen LogP contribution is -2.47. The fraction of sp³-hybridized carbons (Fsp3) is 0.538. The lowest BCUT2D eigenvalue weighted by atomic mass is 9.95. The number of halogens is 3. The Hall–Kier alpha value is -1.23. The molecule has 1 aliphatic heterocycles. The largest absolute Gasteiger partial charge is 0.418 e. The van der Waals surface area contributed by atoms with Crippen LogP contribution in [0.25, 0.3) is 0 Å². The summed E-state index contributed by atoms with van der Waals surface area (Å²) in [6.45, 7) is 3.61. The number of rotatable bonds is 3. The molecule has 2 nitrogen and oxygen atoms in total. The molecular formula is C13H17F3N2. The first-order valence-electron chi connectivity index (χ1n) is 6.10. The Bertz CT molecular complexity index is 423. The van der Waals surface area contributed by atoms with Gasteiger partial charge in [-0.05, 0) is 30.0 Å². The summed E-state index contributed by atoms with van der Waals surface area (Å²) in [5.41, 5.74) is 5.62. The van der Waals surface area contributed by atoms with Gasteiger partial charge in [-0.3, -0.25) is 0 Å². The van der Waals surface area contributed by atoms with Crippen LogP contribution in [-0.2, 0) is 12.7 Å². The summed E-state index contributed by atoms with van der Waals surface area (Å²) in [6.07, 6.45) is -3.31. The number of alkyl halides is 3. The van der Waals surface area contributed by atoms with Gasteiger partial charge in [0.25, 0.3) is 0 Å². The third-order valence-electron chi connectivity index (χ3n) is 3.48. The predicted molar refractivity (Wildman–Crippen MR) is 65.3 cm³/mol. The molecule has 0 aliphatic carbocycles. The van der Waals surface area contributed by atoms with E-state index in [1.807, 2.05) is 0 Å². The zero-order valence-electron chi connectivity index (χ0n) is 10.3. The molecule has 1 heterocycles. The average Bonchev–Trinajstić information content (AvgIpc) is 2.26. The zero-order chi connectivity index (χ0) is 13.3. The Kier molecular flexibility index (Phi) is 3.52. The first-order valence-corrected chi connectivity index (χ1v) is 6.10. The first kappa shape index (κ1) is 13.2. The Morgan fingerprint density at radius 3 is 2.50 bits per heavy atom. The maximum Gasteiger partial charge on any atom is 0.418 e. The molecule has 0 atom stereocenters. The van der Waals surface area contributed by atoms with Crippen molar-refractivity contribution in [3.63, 3.8) is 0 Å². The zero-order valence-corrected chi connectivity index (χ0v) is 10.3. The molecule has 1 aliphatic rings. The van der Waals surface area contributed by atoms with E-state index >= 15 is 0 Å². The molecule has 100 valence electrons. The van der Waals surface area contributed by atoms with Crippen LogP contribution in [0.15, 0.2) is 18.2 Å². The highest BCUT2D eigenvalue weighted by Gasteiger charge is 2.37. The van der Waals surface area contributed by atoms with Crippen LogP contribution in [0.2, 0.25) is 0 Å². The molecule has 1 aromatic carbocycles. The van der Waals surface area contributed by atoms with Crippen molar-refractivity contribution in [1.82, 2.24) is 0 Å². The highest BCUT2D eigenvalue weighted by molar-refractivity contribution is 5.58. The fourth-order valence-electron chi connectivity index (χ4n) is 2.24. The molecule has 0 amide bonds. The van der Waals surface area contributed by atoms with Crippen molar-refractivity contribution in [2.75, 3.05) is 18.0 Å². The van der Waals surface area contributed by atoms with Gasteiger partial charge in [0.15, 0.2) is 0 Å². The molecule has 0 bridgehead atoms. The Morgan fingerprint density at radius 2 is 2.00 bits per heavy atom. The van der Waals surface area contributed by atoms with Crippen LogP contribution in [0.1, 0.15) is 24.5 Å². The summed E-state index contributed by atoms with van der Waals surface area (Å²) >= 11 is 0. The summed E-state index contributed by atoms with van der Waals surface area (Å²) in [6, 6.07) is 4.37. The van der Waals surface area contributed by atoms with Gasteiger partial charge in [-0.25, -0.2) is 0 Å². The minimum atomic E-state index is -4.32. The predicted octanol–water partition coefficient (Wildman–Crippen LogP) is 3.01. The van der Waals surface area contributed by atoms with E-state index < -0.39 is 11.7 Å². The maximum absolute atomic E-state index is 13.0. The van der Waals surface area contributed by atoms with E-state index in [-0.39, 0.29) is 12.2 Å². The minimum Gasteiger partial charge on any atom is -0.370 e. The molecule has 1 saturated heterocycles. The van der Waals surface area contributed by atoms with Crippen LogP contribution in [0.4, 0.5) is 18.9 Å². The summed E-state index contributed by atoms with van der Waals surface area (Å²) in [5, 5.41) is 0. The van der Waals surface area contributed by atoms with Gasteiger partial charge in [0.05, 0.1) is 5.56 Å². The second-order valence-electron chi connectivity index (χ2n) is 4.73. The quantitative estimate of drug-likeness (QED) is 0.903. The molecule has 2 rings (SSSR count). The SMILES string of the molecule is CCC1CN(c2ccc(CN)cc2C(F)(F)F)C1. The van der Waals surface area contributed by atoms with Gasteiger partial charge in [0, 0.05) is 25.3 Å². The Morgan fingerprint density at radius 1 is 1.33 bits per heavy atom. The van der Waals surface area contributed by atoms with E-state index in [1.54, 1.807) is 11.0 Å². The number of hydrogen-bond donors (Lipinski definition) is 1. The molecule has 2 N–H and O–H groups in total. The van der Waals surface area contributed by atoms with E-state index in [1.165, 1.54) is 6.07 Å². The maximum atomic E-state index is 13.0. The second-order valence-corrected chi connectivity index (χ2v) is 4.73. The van der Waals surface area contributed by atoms with Crippen LogP contribution in [0.3, 0.4) is 0 Å². The van der Waals surface area contributed by atoms with E-state index in [0.717, 1.165) is 12.5 Å². The summed E-state index contributed by atoms with van der Waals surface area (Å²) in [7, 11) is 0. The van der Waals surface area contributed by atoms with E-state index in [2.05, 4.69) is 6.92 Å². The van der Waals surface area contributed by atoms with Gasteiger partial charge in [0.1, 0.15) is 0 Å². The van der Waals surface area contributed by atoms with Gasteiger partial charge >= 0.3 is 6.18 Å². The molecule has 0 spiro atoms. The monoisotopic (exact) mass is 258 g/mol. The third-order valence-corrected chi connectivity index (χ3v) is 3.48. The molecule has 0 saturated carbocycles. The smallest absolute Gasteiger partial charge is 0.370 e. The van der Waals surface area contributed by atoms with E-state index in [4.69, 9.17) is 5.73 Å². The summed E-state index contributed by atoms with van der Waals surface area (Å²) in [5.74, 6) is 0.514. The van der Waals surface area contributed by atoms with Crippen molar-refractivity contribution < 1.29 is 13.2 Å². The van der Waals surface area contributed by atoms with Crippen LogP contribution >= 0.6 is 0 Å². The molecule has 1 fully saturated rings. The molecule has 5 heteroatoms. The van der Waals surface area contributed by atoms with Gasteiger partial charge < -0.3 is 10.6 Å². The van der Waals surface area contributed by atoms with Crippen molar-refractivity contribution in [2.45, 2.75) is 26.1 Å². The van der Waals surface area contributed by atoms with Gasteiger partial charge in [-0.2, -0.15) is 13.2 Å². The normalized spacial score (nSPS) is 16.8. The standard InChI is InChI=1S/C13H17F3N2/c1-2-9-7-18(8-9)12-4-3-10(6-17)5-11(12)13(14,15)16/h3-5,9H,2,6-8,17H2,1H3. The molecule has 1 aromatic rings. The highest BCUT2D eigenvalue weighted by atomic mass is 19.4. The summed E-state index contributed by atoms with van der Waals surface area (Å²) in [4.78, 5) is 1.79. The molecule has 0 unspecified atom stereocenters. The lowest BCUT2D eigenvalue weighted by Gasteiger charge is -2.42. The number of anilines is 1. The average molecular weight is 258 g/mol. The van der Waals surface area contributed by atoms with Crippen molar-refractivity contribution in [3.8, 4) is 0 Å². The minimum absolute atomic E-state index is 0.126. The number of hydrogen-bond acceptors (Lipinski definition) is 2. The van der Waals surface area contributed by atoms with Crippen molar-refractivity contribution in [3.05, 3.63) is 29.3 Å². The number of nitrogens with zero attached hydrogens (tertiary/aromatic N) is 1. The van der Waals surface area contributed by atoms with E-state index in [9.17, 15) is 13.2 Å². The van der Waals surface area contributed by atoms with Gasteiger partial charge in [-0.15, -0.1) is 0 Å². The first-order chi connectivity index (χ1) is 8.45. The molecule has 0 aromatic heterocycles. The molecular weight excluding hydrogens is 241 g/mol. The molecule has 0 radical (unpaired) electrons. The second kappa shape index (κ2) is 4.80. The van der Waals surface area contributed by atoms with Gasteiger partial charge in [-0.1, -0.05) is 13.0 Å². The van der Waals surface area contributed by atoms with Gasteiger partial charge in [0.2, 0.25) is 0 Å². The van der Waals surface area contributed by atoms with Crippen molar-refractivity contribution >= 4 is 5.69 Å². The highest BCUT2D eigenvalue weighted by Crippen LogP contribution is 2.39. The Labute approximate surface area is 105 Å². The number of benzene rings is 1. The lowest BCUT2D eigenvalue weighted by molar-refractivity contribution is -0.137.